The summed E-state index contributed by atoms with van der Waals surface area (Å²) in [6.45, 7) is -0.332. The van der Waals surface area contributed by atoms with Gasteiger partial charge in [-0.2, -0.15) is 4.31 Å². The normalized spacial score (nSPS) is 17.0. The molecule has 1 heterocycles. The first kappa shape index (κ1) is 22.1. The van der Waals surface area contributed by atoms with Crippen molar-refractivity contribution in [2.24, 2.45) is 0 Å². The number of para-hydroxylation sites is 1. The number of sulfonamides is 1. The lowest BCUT2D eigenvalue weighted by molar-refractivity contribution is -0.144. The van der Waals surface area contributed by atoms with Crippen LogP contribution in [-0.2, 0) is 30.9 Å². The minimum Gasteiger partial charge on any atom is -0.497 e. The van der Waals surface area contributed by atoms with Gasteiger partial charge in [-0.25, -0.2) is 8.42 Å². The molecule has 30 heavy (non-hydrogen) atoms. The SMILES string of the molecule is COC(=O)C1CN(C(=O)CCl)c2ccccc2CN1S(=O)(=O)c1ccc(OC)cc1. The first-order valence-electron chi connectivity index (χ1n) is 9.01. The molecule has 1 unspecified atom stereocenters. The molecule has 8 nitrogen and oxygen atoms in total. The molecule has 0 spiro atoms. The second-order valence-corrected chi connectivity index (χ2v) is 8.69. The van der Waals surface area contributed by atoms with Crippen molar-refractivity contribution >= 4 is 39.2 Å². The molecule has 0 aromatic heterocycles. The maximum absolute atomic E-state index is 13.5. The summed E-state index contributed by atoms with van der Waals surface area (Å²) < 4.78 is 38.0. The molecular formula is C20H21ClN2O6S. The molecule has 10 heteroatoms. The molecule has 0 radical (unpaired) electrons. The molecule has 0 saturated carbocycles. The zero-order valence-corrected chi connectivity index (χ0v) is 18.0. The Balaban J connectivity index is 2.13. The second kappa shape index (κ2) is 9.03. The fourth-order valence-corrected chi connectivity index (χ4v) is 5.01. The van der Waals surface area contributed by atoms with Gasteiger partial charge in [0.05, 0.1) is 25.7 Å². The number of fused-ring (bicyclic) bond motifs is 1. The molecule has 160 valence electrons. The van der Waals surface area contributed by atoms with Crippen molar-refractivity contribution in [3.63, 3.8) is 0 Å². The maximum atomic E-state index is 13.5. The molecule has 0 aliphatic carbocycles. The van der Waals surface area contributed by atoms with Gasteiger partial charge in [0.2, 0.25) is 15.9 Å². The number of esters is 1. The van der Waals surface area contributed by atoms with E-state index in [1.54, 1.807) is 24.3 Å². The van der Waals surface area contributed by atoms with Crippen molar-refractivity contribution in [1.29, 1.82) is 0 Å². The van der Waals surface area contributed by atoms with Crippen LogP contribution >= 0.6 is 11.6 Å². The highest BCUT2D eigenvalue weighted by Crippen LogP contribution is 2.32. The average molecular weight is 453 g/mol. The van der Waals surface area contributed by atoms with E-state index in [1.807, 2.05) is 0 Å². The van der Waals surface area contributed by atoms with E-state index in [-0.39, 0.29) is 23.9 Å². The summed E-state index contributed by atoms with van der Waals surface area (Å²) in [5.41, 5.74) is 1.07. The number of methoxy groups -OCH3 is 2. The van der Waals surface area contributed by atoms with Crippen LogP contribution in [0.1, 0.15) is 5.56 Å². The van der Waals surface area contributed by atoms with Crippen LogP contribution in [0, 0.1) is 0 Å². The molecule has 0 fully saturated rings. The Morgan fingerprint density at radius 2 is 1.77 bits per heavy atom. The third-order valence-corrected chi connectivity index (χ3v) is 6.96. The van der Waals surface area contributed by atoms with Crippen molar-refractivity contribution in [2.45, 2.75) is 17.5 Å². The van der Waals surface area contributed by atoms with Gasteiger partial charge in [0.15, 0.2) is 0 Å². The summed E-state index contributed by atoms with van der Waals surface area (Å²) in [6, 6.07) is 11.5. The molecule has 2 aromatic rings. The van der Waals surface area contributed by atoms with E-state index in [9.17, 15) is 18.0 Å². The van der Waals surface area contributed by atoms with Gasteiger partial charge in [-0.1, -0.05) is 18.2 Å². The number of amides is 1. The average Bonchev–Trinajstić information content (AvgIpc) is 2.96. The lowest BCUT2D eigenvalue weighted by Crippen LogP contribution is -2.50. The van der Waals surface area contributed by atoms with Gasteiger partial charge >= 0.3 is 5.97 Å². The minimum atomic E-state index is -4.11. The molecule has 3 rings (SSSR count). The third-order valence-electron chi connectivity index (χ3n) is 4.87. The summed E-state index contributed by atoms with van der Waals surface area (Å²) in [6.07, 6.45) is 0. The molecule has 0 N–H and O–H groups in total. The fraction of sp³-hybridized carbons (Fsp3) is 0.300. The topological polar surface area (TPSA) is 93.2 Å². The summed E-state index contributed by atoms with van der Waals surface area (Å²) in [5, 5.41) is 0. The molecule has 1 amide bonds. The van der Waals surface area contributed by atoms with Crippen LogP contribution in [0.2, 0.25) is 0 Å². The van der Waals surface area contributed by atoms with Crippen molar-refractivity contribution in [3.05, 3.63) is 54.1 Å². The van der Waals surface area contributed by atoms with Crippen LogP contribution in [0.25, 0.3) is 0 Å². The second-order valence-electron chi connectivity index (χ2n) is 6.53. The van der Waals surface area contributed by atoms with Crippen molar-refractivity contribution in [3.8, 4) is 5.75 Å². The van der Waals surface area contributed by atoms with Gasteiger partial charge in [0, 0.05) is 12.2 Å². The van der Waals surface area contributed by atoms with E-state index < -0.39 is 27.9 Å². The molecule has 0 saturated heterocycles. The van der Waals surface area contributed by atoms with Crippen molar-refractivity contribution in [2.75, 3.05) is 31.5 Å². The molecule has 0 bridgehead atoms. The van der Waals surface area contributed by atoms with Crippen molar-refractivity contribution < 1.29 is 27.5 Å². The summed E-state index contributed by atoms with van der Waals surface area (Å²) >= 11 is 5.77. The first-order valence-corrected chi connectivity index (χ1v) is 11.0. The quantitative estimate of drug-likeness (QED) is 0.509. The monoisotopic (exact) mass is 452 g/mol. The van der Waals surface area contributed by atoms with Gasteiger partial charge in [-0.05, 0) is 35.9 Å². The van der Waals surface area contributed by atoms with Gasteiger partial charge in [0.25, 0.3) is 0 Å². The lowest BCUT2D eigenvalue weighted by Gasteiger charge is -2.29. The van der Waals surface area contributed by atoms with E-state index in [2.05, 4.69) is 0 Å². The lowest BCUT2D eigenvalue weighted by atomic mass is 10.1. The Bertz CT molecular complexity index is 1040. The van der Waals surface area contributed by atoms with Gasteiger partial charge in [0.1, 0.15) is 17.7 Å². The van der Waals surface area contributed by atoms with Crippen LogP contribution in [0.4, 0.5) is 5.69 Å². The van der Waals surface area contributed by atoms with Crippen LogP contribution in [-0.4, -0.2) is 57.3 Å². The summed E-state index contributed by atoms with van der Waals surface area (Å²) in [4.78, 5) is 26.4. The number of nitrogens with zero attached hydrogens (tertiary/aromatic N) is 2. The number of alkyl halides is 1. The van der Waals surface area contributed by atoms with E-state index in [0.717, 1.165) is 4.31 Å². The number of carbonyl (C=O) groups is 2. The molecular weight excluding hydrogens is 432 g/mol. The van der Waals surface area contributed by atoms with E-state index >= 15 is 0 Å². The highest BCUT2D eigenvalue weighted by atomic mass is 35.5. The number of ether oxygens (including phenoxy) is 2. The molecule has 2 aromatic carbocycles. The highest BCUT2D eigenvalue weighted by molar-refractivity contribution is 7.89. The summed E-state index contributed by atoms with van der Waals surface area (Å²) in [5.74, 6) is -1.03. The Hall–Kier alpha value is -2.62. The molecule has 1 atom stereocenters. The van der Waals surface area contributed by atoms with Gasteiger partial charge in [-0.15, -0.1) is 11.6 Å². The fourth-order valence-electron chi connectivity index (χ4n) is 3.32. The van der Waals surface area contributed by atoms with Gasteiger partial charge < -0.3 is 14.4 Å². The summed E-state index contributed by atoms with van der Waals surface area (Å²) in [7, 11) is -1.46. The van der Waals surface area contributed by atoms with Gasteiger partial charge in [-0.3, -0.25) is 9.59 Å². The van der Waals surface area contributed by atoms with Crippen LogP contribution in [0.15, 0.2) is 53.4 Å². The Kier molecular flexibility index (Phi) is 6.64. The Morgan fingerprint density at radius 1 is 1.10 bits per heavy atom. The molecule has 1 aliphatic rings. The Morgan fingerprint density at radius 3 is 2.37 bits per heavy atom. The number of benzene rings is 2. The number of anilines is 1. The minimum absolute atomic E-state index is 0.00759. The van der Waals surface area contributed by atoms with Crippen molar-refractivity contribution in [1.82, 2.24) is 4.31 Å². The van der Waals surface area contributed by atoms with Crippen LogP contribution in [0.3, 0.4) is 0 Å². The largest absolute Gasteiger partial charge is 0.497 e. The van der Waals surface area contributed by atoms with Crippen LogP contribution < -0.4 is 9.64 Å². The van der Waals surface area contributed by atoms with Crippen LogP contribution in [0.5, 0.6) is 5.75 Å². The number of rotatable bonds is 5. The third kappa shape index (κ3) is 4.14. The number of hydrogen-bond acceptors (Lipinski definition) is 6. The smallest absolute Gasteiger partial charge is 0.326 e. The predicted octanol–water partition coefficient (Wildman–Crippen LogP) is 2.01. The predicted molar refractivity (Wildman–Crippen MR) is 111 cm³/mol. The Labute approximate surface area is 180 Å². The number of hydrogen-bond donors (Lipinski definition) is 0. The zero-order chi connectivity index (χ0) is 21.9. The standard InChI is InChI=1S/C20H21ClN2O6S/c1-28-15-7-9-16(10-8-15)30(26,27)23-12-14-5-3-4-6-17(14)22(19(24)11-21)13-18(23)20(25)29-2/h3-10,18H,11-13H2,1-2H3. The van der Waals surface area contributed by atoms with E-state index in [1.165, 1.54) is 43.4 Å². The van der Waals surface area contributed by atoms with E-state index in [4.69, 9.17) is 21.1 Å². The number of halogens is 1. The highest BCUT2D eigenvalue weighted by Gasteiger charge is 2.41. The number of carbonyl (C=O) groups excluding carboxylic acids is 2. The maximum Gasteiger partial charge on any atom is 0.326 e. The first-order chi connectivity index (χ1) is 14.3. The zero-order valence-electron chi connectivity index (χ0n) is 16.4. The molecule has 1 aliphatic heterocycles. The van der Waals surface area contributed by atoms with E-state index in [0.29, 0.717) is 17.0 Å².